The maximum absolute atomic E-state index is 12.7. The molecule has 0 aromatic carbocycles. The highest BCUT2D eigenvalue weighted by atomic mass is 32.2. The van der Waals surface area contributed by atoms with Gasteiger partial charge in [-0.15, -0.1) is 0 Å². The topological polar surface area (TPSA) is 364 Å². The van der Waals surface area contributed by atoms with E-state index in [9.17, 15) is 57.9 Å². The maximum Gasteiger partial charge on any atom is 0.481 e. The summed E-state index contributed by atoms with van der Waals surface area (Å²) in [6, 6.07) is 0. The highest BCUT2D eigenvalue weighted by Gasteiger charge is 2.50. The second-order valence-corrected chi connectivity index (χ2v) is 19.4. The number of nitrogens with one attached hydrogen (secondary N) is 2. The lowest BCUT2D eigenvalue weighted by molar-refractivity contribution is -0.137. The minimum atomic E-state index is -5.57. The molecular weight excluding hydrogens is 863 g/mol. The summed E-state index contributed by atoms with van der Waals surface area (Å²) in [5, 5.41) is 26.4. The van der Waals surface area contributed by atoms with E-state index in [4.69, 9.17) is 19.5 Å². The van der Waals surface area contributed by atoms with Crippen LogP contribution >= 0.6 is 47.9 Å². The lowest BCUT2D eigenvalue weighted by Crippen LogP contribution is -2.46. The van der Waals surface area contributed by atoms with Crippen molar-refractivity contribution >= 4 is 81.8 Å². The van der Waals surface area contributed by atoms with Crippen LogP contribution in [-0.4, -0.2) is 128 Å². The Morgan fingerprint density at radius 1 is 1.07 bits per heavy atom. The van der Waals surface area contributed by atoms with Crippen LogP contribution in [-0.2, 0) is 50.7 Å². The van der Waals surface area contributed by atoms with E-state index in [-0.39, 0.29) is 47.5 Å². The van der Waals surface area contributed by atoms with Crippen LogP contribution in [0.25, 0.3) is 11.2 Å². The molecule has 29 heteroatoms. The van der Waals surface area contributed by atoms with Gasteiger partial charge in [0.1, 0.15) is 36.3 Å². The van der Waals surface area contributed by atoms with Crippen LogP contribution in [0, 0.1) is 17.3 Å². The Balaban J connectivity index is 1.48. The molecule has 2 amide bonds. The normalized spacial score (nSPS) is 22.2. The maximum atomic E-state index is 12.7. The number of thiol groups is 1. The molecule has 0 saturated carbocycles. The summed E-state index contributed by atoms with van der Waals surface area (Å²) < 4.78 is 62.1. The lowest BCUT2D eigenvalue weighted by atomic mass is 9.87. The molecule has 8 unspecified atom stereocenters. The summed E-state index contributed by atoms with van der Waals surface area (Å²) in [5.74, 6) is -0.543. The number of carbonyl (C=O) groups is 3. The Kier molecular flexibility index (Phi) is 18.1. The third-order valence-corrected chi connectivity index (χ3v) is 12.6. The standard InChI is InChI=1S/C28H48N7O17P3S2/c1-15(2)9-16(11-56)27(40)57-8-7-30-18(36)5-6-31-25(39)22(38)28(3,4)12-49-55(46,47)52-54(44,45)48-10-17-21(51-53(41,42)43)20(37)26(50-17)35-14-34-19-23(29)32-13-33-24(19)35/h13-17,20-22,26,37-38,56H,5-12H2,1-4H3,(H,30,36)(H,31,39)(H,44,45)(H,46,47)(H2,29,32,33)(H2,41,42,43). The summed E-state index contributed by atoms with van der Waals surface area (Å²) in [4.78, 5) is 88.1. The molecule has 1 saturated heterocycles. The van der Waals surface area contributed by atoms with Crippen molar-refractivity contribution in [2.75, 3.05) is 43.5 Å². The number of nitrogens with two attached hydrogens (primary N) is 1. The van der Waals surface area contributed by atoms with Crippen LogP contribution in [0.15, 0.2) is 12.7 Å². The predicted molar refractivity (Wildman–Crippen MR) is 204 cm³/mol. The zero-order chi connectivity index (χ0) is 42.9. The number of imidazole rings is 1. The van der Waals surface area contributed by atoms with Gasteiger partial charge in [0.25, 0.3) is 0 Å². The first-order valence-corrected chi connectivity index (χ1v) is 23.2. The zero-order valence-corrected chi connectivity index (χ0v) is 35.5. The van der Waals surface area contributed by atoms with Crippen molar-refractivity contribution in [2.45, 2.75) is 71.2 Å². The number of rotatable bonds is 23. The lowest BCUT2D eigenvalue weighted by Gasteiger charge is -2.30. The first-order chi connectivity index (χ1) is 26.4. The van der Waals surface area contributed by atoms with Gasteiger partial charge in [-0.2, -0.15) is 16.9 Å². The molecule has 1 aliphatic heterocycles. The van der Waals surface area contributed by atoms with Gasteiger partial charge in [0.2, 0.25) is 11.8 Å². The predicted octanol–water partition coefficient (Wildman–Crippen LogP) is 0.257. The summed E-state index contributed by atoms with van der Waals surface area (Å²) in [7, 11) is -16.4. The van der Waals surface area contributed by atoms with Crippen molar-refractivity contribution in [3.8, 4) is 0 Å². The molecule has 1 aliphatic rings. The van der Waals surface area contributed by atoms with Crippen LogP contribution < -0.4 is 16.4 Å². The van der Waals surface area contributed by atoms with Crippen molar-refractivity contribution in [1.29, 1.82) is 0 Å². The summed E-state index contributed by atoms with van der Waals surface area (Å²) in [6.45, 7) is 4.50. The summed E-state index contributed by atoms with van der Waals surface area (Å²) in [6.07, 6.45) is -6.21. The van der Waals surface area contributed by atoms with Crippen LogP contribution in [0.2, 0.25) is 0 Å². The molecule has 57 heavy (non-hydrogen) atoms. The number of thioether (sulfide) groups is 1. The number of hydrogen-bond donors (Lipinski definition) is 10. The van der Waals surface area contributed by atoms with E-state index in [1.165, 1.54) is 13.8 Å². The second-order valence-electron chi connectivity index (χ2n) is 13.7. The van der Waals surface area contributed by atoms with Crippen molar-refractivity contribution in [2.24, 2.45) is 17.3 Å². The number of amides is 2. The Bertz CT molecular complexity index is 1850. The monoisotopic (exact) mass is 911 g/mol. The van der Waals surface area contributed by atoms with Crippen LogP contribution in [0.5, 0.6) is 0 Å². The summed E-state index contributed by atoms with van der Waals surface area (Å²) >= 11 is 5.33. The van der Waals surface area contributed by atoms with Gasteiger partial charge in [-0.1, -0.05) is 39.5 Å². The number of ether oxygens (including phenoxy) is 1. The van der Waals surface area contributed by atoms with Gasteiger partial charge < -0.3 is 50.9 Å². The average molecular weight is 912 g/mol. The molecule has 324 valence electrons. The first kappa shape index (κ1) is 49.3. The molecular formula is C28H48N7O17P3S2. The number of anilines is 1. The third-order valence-electron chi connectivity index (χ3n) is 8.06. The molecule has 8 atom stereocenters. The quantitative estimate of drug-likeness (QED) is 0.0406. The molecule has 3 rings (SSSR count). The first-order valence-electron chi connectivity index (χ1n) is 17.0. The third kappa shape index (κ3) is 15.2. The molecule has 0 aliphatic carbocycles. The molecule has 0 radical (unpaired) electrons. The van der Waals surface area contributed by atoms with Crippen molar-refractivity contribution in [3.05, 3.63) is 12.7 Å². The minimum absolute atomic E-state index is 0.00937. The number of aliphatic hydroxyl groups is 2. The second kappa shape index (κ2) is 20.9. The highest BCUT2D eigenvalue weighted by Crippen LogP contribution is 2.61. The van der Waals surface area contributed by atoms with Gasteiger partial charge in [0.05, 0.1) is 19.5 Å². The van der Waals surface area contributed by atoms with Crippen LogP contribution in [0.3, 0.4) is 0 Å². The smallest absolute Gasteiger partial charge is 0.386 e. The number of nitrogen functional groups attached to an aromatic ring is 1. The number of aromatic nitrogens is 4. The van der Waals surface area contributed by atoms with Crippen molar-refractivity contribution in [3.63, 3.8) is 0 Å². The van der Waals surface area contributed by atoms with Gasteiger partial charge in [-0.05, 0) is 12.3 Å². The molecule has 24 nitrogen and oxygen atoms in total. The van der Waals surface area contributed by atoms with Gasteiger partial charge in [-0.3, -0.25) is 32.5 Å². The number of carbonyl (C=O) groups excluding carboxylic acids is 3. The van der Waals surface area contributed by atoms with E-state index in [1.807, 2.05) is 13.8 Å². The van der Waals surface area contributed by atoms with E-state index in [0.29, 0.717) is 23.8 Å². The number of nitrogens with zero attached hydrogens (tertiary/aromatic N) is 4. The number of phosphoric acid groups is 3. The minimum Gasteiger partial charge on any atom is -0.386 e. The molecule has 0 spiro atoms. The van der Waals surface area contributed by atoms with E-state index >= 15 is 0 Å². The van der Waals surface area contributed by atoms with E-state index in [2.05, 4.69) is 47.0 Å². The zero-order valence-electron chi connectivity index (χ0n) is 31.1. The molecule has 2 aromatic rings. The molecule has 3 heterocycles. The molecule has 0 bridgehead atoms. The largest absolute Gasteiger partial charge is 0.481 e. The Morgan fingerprint density at radius 3 is 2.37 bits per heavy atom. The van der Waals surface area contributed by atoms with Crippen LogP contribution in [0.4, 0.5) is 5.82 Å². The summed E-state index contributed by atoms with van der Waals surface area (Å²) in [5.41, 5.74) is 4.26. The van der Waals surface area contributed by atoms with Crippen LogP contribution in [0.1, 0.15) is 46.8 Å². The number of hydrogen-bond acceptors (Lipinski definition) is 19. The fourth-order valence-electron chi connectivity index (χ4n) is 5.21. The van der Waals surface area contributed by atoms with Gasteiger partial charge in [-0.25, -0.2) is 28.6 Å². The van der Waals surface area contributed by atoms with E-state index in [0.717, 1.165) is 29.0 Å². The SMILES string of the molecule is CC(C)CC(CS)C(=O)SCCNC(=O)CCNC(=O)C(O)C(C)(C)COP(=O)(O)OP(=O)(O)OCC1OC(n2cnc3c(N)ncnc32)C(O)C1OP(=O)(O)O. The van der Waals surface area contributed by atoms with E-state index in [1.54, 1.807) is 0 Å². The Hall–Kier alpha value is -2.09. The molecule has 1 fully saturated rings. The van der Waals surface area contributed by atoms with Crippen molar-refractivity contribution < 1.29 is 80.5 Å². The van der Waals surface area contributed by atoms with Gasteiger partial charge in [0.15, 0.2) is 22.8 Å². The van der Waals surface area contributed by atoms with Crippen molar-refractivity contribution in [1.82, 2.24) is 30.2 Å². The number of phosphoric ester groups is 3. The van der Waals surface area contributed by atoms with Gasteiger partial charge >= 0.3 is 23.5 Å². The van der Waals surface area contributed by atoms with E-state index < -0.39 is 84.6 Å². The average Bonchev–Trinajstić information content (AvgIpc) is 3.66. The number of fused-ring (bicyclic) bond motifs is 1. The molecule has 10 N–H and O–H groups in total. The Labute approximate surface area is 336 Å². The highest BCUT2D eigenvalue weighted by molar-refractivity contribution is 8.13. The van der Waals surface area contributed by atoms with Gasteiger partial charge in [0, 0.05) is 42.3 Å². The number of aliphatic hydroxyl groups excluding tert-OH is 2. The Morgan fingerprint density at radius 2 is 1.74 bits per heavy atom. The molecule has 2 aromatic heterocycles. The fourth-order valence-corrected chi connectivity index (χ4v) is 9.30. The fraction of sp³-hybridized carbons (Fsp3) is 0.714.